The number of hydrogen-bond acceptors (Lipinski definition) is 5. The first kappa shape index (κ1) is 10.7. The molecule has 1 amide bonds. The topological polar surface area (TPSA) is 83.6 Å². The van der Waals surface area contributed by atoms with Crippen LogP contribution in [0.3, 0.4) is 0 Å². The second-order valence-electron chi connectivity index (χ2n) is 3.27. The number of amides is 1. The highest BCUT2D eigenvalue weighted by molar-refractivity contribution is 7.11. The van der Waals surface area contributed by atoms with Crippen molar-refractivity contribution in [3.8, 4) is 0 Å². The fraction of sp³-hybridized carbons (Fsp3) is 0.333. The molecule has 2 aromatic heterocycles. The van der Waals surface area contributed by atoms with Crippen LogP contribution in [0.15, 0.2) is 6.20 Å². The summed E-state index contributed by atoms with van der Waals surface area (Å²) in [7, 11) is 0. The second kappa shape index (κ2) is 4.40. The van der Waals surface area contributed by atoms with Gasteiger partial charge >= 0.3 is 0 Å². The van der Waals surface area contributed by atoms with E-state index in [1.54, 1.807) is 24.5 Å². The SMILES string of the molecule is Cc1nc(C(=O)NCc2cnc(C)s2)n[nH]1. The Kier molecular flexibility index (Phi) is 2.95. The molecule has 16 heavy (non-hydrogen) atoms. The second-order valence-corrected chi connectivity index (χ2v) is 4.59. The minimum absolute atomic E-state index is 0.165. The number of aromatic nitrogens is 4. The number of aromatic amines is 1. The minimum Gasteiger partial charge on any atom is -0.344 e. The molecule has 0 bridgehead atoms. The molecule has 2 heterocycles. The molecule has 7 heteroatoms. The normalized spacial score (nSPS) is 10.4. The van der Waals surface area contributed by atoms with Gasteiger partial charge in [0, 0.05) is 11.1 Å². The number of H-pyrrole nitrogens is 1. The van der Waals surface area contributed by atoms with Crippen LogP contribution in [0.4, 0.5) is 0 Å². The van der Waals surface area contributed by atoms with E-state index in [0.717, 1.165) is 9.88 Å². The van der Waals surface area contributed by atoms with Gasteiger partial charge < -0.3 is 5.32 Å². The highest BCUT2D eigenvalue weighted by atomic mass is 32.1. The van der Waals surface area contributed by atoms with Crippen LogP contribution >= 0.6 is 11.3 Å². The average molecular weight is 237 g/mol. The van der Waals surface area contributed by atoms with E-state index in [9.17, 15) is 4.79 Å². The van der Waals surface area contributed by atoms with Crippen molar-refractivity contribution in [1.29, 1.82) is 0 Å². The first-order valence-corrected chi connectivity index (χ1v) is 5.55. The van der Waals surface area contributed by atoms with Gasteiger partial charge in [0.15, 0.2) is 0 Å². The van der Waals surface area contributed by atoms with E-state index >= 15 is 0 Å². The minimum atomic E-state index is -0.282. The van der Waals surface area contributed by atoms with Crippen LogP contribution in [0, 0.1) is 13.8 Å². The predicted octanol–water partition coefficient (Wildman–Crippen LogP) is 0.808. The van der Waals surface area contributed by atoms with E-state index in [2.05, 4.69) is 25.5 Å². The first-order valence-electron chi connectivity index (χ1n) is 4.73. The lowest BCUT2D eigenvalue weighted by atomic mass is 10.5. The number of carbonyl (C=O) groups excluding carboxylic acids is 1. The molecule has 0 saturated carbocycles. The number of thiazole rings is 1. The molecule has 2 N–H and O–H groups in total. The van der Waals surface area contributed by atoms with Gasteiger partial charge in [-0.3, -0.25) is 9.89 Å². The van der Waals surface area contributed by atoms with Crippen molar-refractivity contribution in [2.24, 2.45) is 0 Å². The van der Waals surface area contributed by atoms with Crippen LogP contribution < -0.4 is 5.32 Å². The van der Waals surface area contributed by atoms with Crippen molar-refractivity contribution >= 4 is 17.2 Å². The molecule has 2 aromatic rings. The summed E-state index contributed by atoms with van der Waals surface area (Å²) in [6.45, 7) is 4.13. The van der Waals surface area contributed by atoms with Gasteiger partial charge in [-0.2, -0.15) is 0 Å². The number of hydrogen-bond donors (Lipinski definition) is 2. The Morgan fingerprint density at radius 3 is 2.94 bits per heavy atom. The molecule has 0 unspecified atom stereocenters. The van der Waals surface area contributed by atoms with E-state index < -0.39 is 0 Å². The van der Waals surface area contributed by atoms with Crippen molar-refractivity contribution in [2.45, 2.75) is 20.4 Å². The summed E-state index contributed by atoms with van der Waals surface area (Å²) in [5.74, 6) is 0.507. The Hall–Kier alpha value is -1.76. The van der Waals surface area contributed by atoms with Gasteiger partial charge in [0.25, 0.3) is 5.91 Å². The van der Waals surface area contributed by atoms with Gasteiger partial charge in [-0.05, 0) is 13.8 Å². The van der Waals surface area contributed by atoms with E-state index in [4.69, 9.17) is 0 Å². The predicted molar refractivity (Wildman–Crippen MR) is 59.1 cm³/mol. The summed E-state index contributed by atoms with van der Waals surface area (Å²) in [6.07, 6.45) is 1.75. The third-order valence-electron chi connectivity index (χ3n) is 1.89. The molecule has 0 atom stereocenters. The van der Waals surface area contributed by atoms with Crippen molar-refractivity contribution in [3.63, 3.8) is 0 Å². The standard InChI is InChI=1S/C9H11N5OS/c1-5-12-8(14-13-5)9(15)11-4-7-3-10-6(2)16-7/h3H,4H2,1-2H3,(H,11,15)(H,12,13,14). The molecule has 84 valence electrons. The van der Waals surface area contributed by atoms with Crippen LogP contribution in [-0.2, 0) is 6.54 Å². The molecule has 0 spiro atoms. The summed E-state index contributed by atoms with van der Waals surface area (Å²) in [6, 6.07) is 0. The number of nitrogens with zero attached hydrogens (tertiary/aromatic N) is 3. The van der Waals surface area contributed by atoms with E-state index in [0.29, 0.717) is 12.4 Å². The van der Waals surface area contributed by atoms with Crippen molar-refractivity contribution in [1.82, 2.24) is 25.5 Å². The molecule has 0 aromatic carbocycles. The molecule has 0 aliphatic heterocycles. The number of carbonyl (C=O) groups is 1. The lowest BCUT2D eigenvalue weighted by Gasteiger charge is -1.98. The smallest absolute Gasteiger partial charge is 0.291 e. The quantitative estimate of drug-likeness (QED) is 0.827. The monoisotopic (exact) mass is 237 g/mol. The Bertz CT molecular complexity index is 503. The highest BCUT2D eigenvalue weighted by Gasteiger charge is 2.10. The summed E-state index contributed by atoms with van der Waals surface area (Å²) in [5, 5.41) is 10.1. The van der Waals surface area contributed by atoms with Gasteiger partial charge in [-0.25, -0.2) is 9.97 Å². The molecular formula is C9H11N5OS. The lowest BCUT2D eigenvalue weighted by Crippen LogP contribution is -2.23. The van der Waals surface area contributed by atoms with E-state index in [1.807, 2.05) is 6.92 Å². The van der Waals surface area contributed by atoms with Crippen LogP contribution in [0.2, 0.25) is 0 Å². The molecule has 0 aliphatic rings. The van der Waals surface area contributed by atoms with Gasteiger partial charge in [-0.15, -0.1) is 16.4 Å². The highest BCUT2D eigenvalue weighted by Crippen LogP contribution is 2.10. The van der Waals surface area contributed by atoms with Crippen molar-refractivity contribution in [3.05, 3.63) is 27.7 Å². The molecular weight excluding hydrogens is 226 g/mol. The zero-order valence-electron chi connectivity index (χ0n) is 8.94. The van der Waals surface area contributed by atoms with Gasteiger partial charge in [0.1, 0.15) is 5.82 Å². The molecule has 0 saturated heterocycles. The summed E-state index contributed by atoms with van der Waals surface area (Å²) in [4.78, 5) is 20.6. The fourth-order valence-corrected chi connectivity index (χ4v) is 1.91. The molecule has 0 radical (unpaired) electrons. The van der Waals surface area contributed by atoms with Crippen LogP contribution in [0.1, 0.15) is 26.3 Å². The van der Waals surface area contributed by atoms with E-state index in [1.165, 1.54) is 0 Å². The average Bonchev–Trinajstić information content (AvgIpc) is 2.84. The first-order chi connectivity index (χ1) is 7.65. The van der Waals surface area contributed by atoms with Gasteiger partial charge in [0.2, 0.25) is 5.82 Å². The molecule has 6 nitrogen and oxygen atoms in total. The molecule has 0 aliphatic carbocycles. The third kappa shape index (κ3) is 2.43. The number of nitrogens with one attached hydrogen (secondary N) is 2. The summed E-state index contributed by atoms with van der Waals surface area (Å²) in [5.41, 5.74) is 0. The summed E-state index contributed by atoms with van der Waals surface area (Å²) >= 11 is 1.56. The van der Waals surface area contributed by atoms with Gasteiger partial charge in [-0.1, -0.05) is 0 Å². The largest absolute Gasteiger partial charge is 0.344 e. The Balaban J connectivity index is 1.93. The zero-order valence-corrected chi connectivity index (χ0v) is 9.76. The number of aryl methyl sites for hydroxylation is 2. The molecule has 2 rings (SSSR count). The van der Waals surface area contributed by atoms with Crippen LogP contribution in [0.5, 0.6) is 0 Å². The Labute approximate surface area is 96.1 Å². The maximum absolute atomic E-state index is 11.6. The number of rotatable bonds is 3. The maximum atomic E-state index is 11.6. The summed E-state index contributed by atoms with van der Waals surface area (Å²) < 4.78 is 0. The van der Waals surface area contributed by atoms with Crippen LogP contribution in [-0.4, -0.2) is 26.1 Å². The van der Waals surface area contributed by atoms with E-state index in [-0.39, 0.29) is 11.7 Å². The lowest BCUT2D eigenvalue weighted by molar-refractivity contribution is 0.0941. The Morgan fingerprint density at radius 2 is 2.38 bits per heavy atom. The maximum Gasteiger partial charge on any atom is 0.291 e. The fourth-order valence-electron chi connectivity index (χ4n) is 1.18. The Morgan fingerprint density at radius 1 is 1.56 bits per heavy atom. The van der Waals surface area contributed by atoms with Gasteiger partial charge in [0.05, 0.1) is 11.6 Å². The zero-order chi connectivity index (χ0) is 11.5. The third-order valence-corrected chi connectivity index (χ3v) is 2.81. The van der Waals surface area contributed by atoms with Crippen LogP contribution in [0.25, 0.3) is 0 Å². The molecule has 0 fully saturated rings. The van der Waals surface area contributed by atoms with Crippen molar-refractivity contribution in [2.75, 3.05) is 0 Å². The van der Waals surface area contributed by atoms with Crippen molar-refractivity contribution < 1.29 is 4.79 Å².